The molecule has 0 aromatic carbocycles. The summed E-state index contributed by atoms with van der Waals surface area (Å²) in [4.78, 5) is 6.49. The molecular weight excluding hydrogens is 214 g/mol. The lowest BCUT2D eigenvalue weighted by Gasteiger charge is -2.20. The maximum absolute atomic E-state index is 8.76. The van der Waals surface area contributed by atoms with Gasteiger partial charge in [0, 0.05) is 32.3 Å². The van der Waals surface area contributed by atoms with Crippen LogP contribution >= 0.6 is 0 Å². The molecule has 0 saturated carbocycles. The van der Waals surface area contributed by atoms with Crippen LogP contribution in [0.25, 0.3) is 0 Å². The number of aliphatic hydroxyl groups excluding tert-OH is 1. The Labute approximate surface area is 103 Å². The van der Waals surface area contributed by atoms with Crippen LogP contribution in [0.5, 0.6) is 0 Å². The minimum atomic E-state index is 0.232. The average Bonchev–Trinajstić information content (AvgIpc) is 2.37. The third-order valence-corrected chi connectivity index (χ3v) is 2.53. The van der Waals surface area contributed by atoms with Gasteiger partial charge in [0.1, 0.15) is 0 Å². The van der Waals surface area contributed by atoms with Crippen LogP contribution in [0.1, 0.15) is 25.0 Å². The fourth-order valence-corrected chi connectivity index (χ4v) is 1.65. The first-order valence-electron chi connectivity index (χ1n) is 5.97. The van der Waals surface area contributed by atoms with Gasteiger partial charge in [-0.2, -0.15) is 5.26 Å². The second-order valence-electron chi connectivity index (χ2n) is 3.94. The molecule has 17 heavy (non-hydrogen) atoms. The van der Waals surface area contributed by atoms with Crippen molar-refractivity contribution in [2.45, 2.75) is 25.8 Å². The fourth-order valence-electron chi connectivity index (χ4n) is 1.65. The summed E-state index contributed by atoms with van der Waals surface area (Å²) in [5.74, 6) is 0. The molecule has 0 saturated heterocycles. The molecule has 0 aliphatic rings. The summed E-state index contributed by atoms with van der Waals surface area (Å²) in [6.45, 7) is 2.67. The number of nitrogens with zero attached hydrogens (tertiary/aromatic N) is 3. The van der Waals surface area contributed by atoms with E-state index in [-0.39, 0.29) is 6.61 Å². The molecule has 1 aromatic heterocycles. The van der Waals surface area contributed by atoms with Crippen molar-refractivity contribution < 1.29 is 5.11 Å². The highest BCUT2D eigenvalue weighted by atomic mass is 16.2. The van der Waals surface area contributed by atoms with E-state index in [2.05, 4.69) is 16.0 Å². The van der Waals surface area contributed by atoms with Gasteiger partial charge in [-0.15, -0.1) is 0 Å². The van der Waals surface area contributed by atoms with E-state index in [1.54, 1.807) is 6.20 Å². The Morgan fingerprint density at radius 3 is 2.82 bits per heavy atom. The molecule has 0 fully saturated rings. The van der Waals surface area contributed by atoms with Crippen LogP contribution in [-0.2, 0) is 6.54 Å². The smallest absolute Gasteiger partial charge is 0.0635 e. The van der Waals surface area contributed by atoms with Crippen LogP contribution in [0.2, 0.25) is 0 Å². The lowest BCUT2D eigenvalue weighted by Crippen LogP contribution is -2.26. The zero-order chi connectivity index (χ0) is 12.3. The molecule has 0 radical (unpaired) electrons. The zero-order valence-corrected chi connectivity index (χ0v) is 10.0. The first-order valence-corrected chi connectivity index (χ1v) is 5.97. The third-order valence-electron chi connectivity index (χ3n) is 2.53. The molecule has 0 unspecified atom stereocenters. The number of hydrogen-bond donors (Lipinski definition) is 1. The van der Waals surface area contributed by atoms with Crippen molar-refractivity contribution in [2.24, 2.45) is 0 Å². The van der Waals surface area contributed by atoms with Gasteiger partial charge >= 0.3 is 0 Å². The van der Waals surface area contributed by atoms with Crippen molar-refractivity contribution in [1.82, 2.24) is 9.88 Å². The summed E-state index contributed by atoms with van der Waals surface area (Å²) in [7, 11) is 0. The number of unbranched alkanes of at least 4 members (excludes halogenated alkanes) is 1. The molecule has 4 nitrogen and oxygen atoms in total. The highest BCUT2D eigenvalue weighted by molar-refractivity contribution is 5.03. The number of nitriles is 1. The number of aliphatic hydroxyl groups is 1. The van der Waals surface area contributed by atoms with E-state index in [0.717, 1.165) is 38.2 Å². The van der Waals surface area contributed by atoms with Crippen LogP contribution < -0.4 is 0 Å². The van der Waals surface area contributed by atoms with Gasteiger partial charge in [0.15, 0.2) is 0 Å². The van der Waals surface area contributed by atoms with Gasteiger partial charge in [0.05, 0.1) is 11.8 Å². The maximum atomic E-state index is 8.76. The Morgan fingerprint density at radius 1 is 1.29 bits per heavy atom. The van der Waals surface area contributed by atoms with Crippen molar-refractivity contribution in [1.29, 1.82) is 5.26 Å². The second kappa shape index (κ2) is 8.68. The number of pyridine rings is 1. The molecule has 92 valence electrons. The van der Waals surface area contributed by atoms with Gasteiger partial charge in [-0.25, -0.2) is 0 Å². The first kappa shape index (κ1) is 13.6. The molecule has 1 heterocycles. The topological polar surface area (TPSA) is 60.2 Å². The standard InChI is InChI=1S/C13H19N3O/c14-7-5-10-16(9-3-4-11-17)12-13-6-1-2-8-15-13/h1-2,6,8,17H,3-5,9-12H2. The zero-order valence-electron chi connectivity index (χ0n) is 10.0. The molecule has 0 atom stereocenters. The highest BCUT2D eigenvalue weighted by Crippen LogP contribution is 2.04. The predicted octanol–water partition coefficient (Wildman–Crippen LogP) is 1.57. The molecular formula is C13H19N3O. The first-order chi connectivity index (χ1) is 8.36. The number of aromatic nitrogens is 1. The van der Waals surface area contributed by atoms with E-state index in [4.69, 9.17) is 10.4 Å². The quantitative estimate of drug-likeness (QED) is 0.692. The molecule has 4 heteroatoms. The van der Waals surface area contributed by atoms with E-state index < -0.39 is 0 Å². The number of hydrogen-bond acceptors (Lipinski definition) is 4. The van der Waals surface area contributed by atoms with Gasteiger partial charge in [-0.3, -0.25) is 9.88 Å². The molecule has 0 aliphatic carbocycles. The Morgan fingerprint density at radius 2 is 2.18 bits per heavy atom. The minimum Gasteiger partial charge on any atom is -0.396 e. The van der Waals surface area contributed by atoms with Crippen LogP contribution in [0, 0.1) is 11.3 Å². The summed E-state index contributed by atoms with van der Waals surface area (Å²) < 4.78 is 0. The summed E-state index contributed by atoms with van der Waals surface area (Å²) in [6, 6.07) is 8.02. The highest BCUT2D eigenvalue weighted by Gasteiger charge is 2.05. The molecule has 1 aromatic rings. The van der Waals surface area contributed by atoms with Crippen LogP contribution in [0.4, 0.5) is 0 Å². The summed E-state index contributed by atoms with van der Waals surface area (Å²) >= 11 is 0. The van der Waals surface area contributed by atoms with Gasteiger partial charge in [-0.1, -0.05) is 6.07 Å². The molecule has 1 rings (SSSR count). The molecule has 0 bridgehead atoms. The Balaban J connectivity index is 2.42. The molecule has 1 N–H and O–H groups in total. The van der Waals surface area contributed by atoms with E-state index in [1.807, 2.05) is 18.2 Å². The third kappa shape index (κ3) is 6.00. The van der Waals surface area contributed by atoms with E-state index >= 15 is 0 Å². The lowest BCUT2D eigenvalue weighted by atomic mass is 10.2. The van der Waals surface area contributed by atoms with E-state index in [1.165, 1.54) is 0 Å². The summed E-state index contributed by atoms with van der Waals surface area (Å²) in [5.41, 5.74) is 1.02. The van der Waals surface area contributed by atoms with Gasteiger partial charge in [0.25, 0.3) is 0 Å². The molecule has 0 amide bonds. The van der Waals surface area contributed by atoms with Crippen molar-refractivity contribution in [2.75, 3.05) is 19.7 Å². The van der Waals surface area contributed by atoms with Crippen LogP contribution in [-0.4, -0.2) is 34.7 Å². The van der Waals surface area contributed by atoms with Crippen molar-refractivity contribution in [3.8, 4) is 6.07 Å². The van der Waals surface area contributed by atoms with Gasteiger partial charge < -0.3 is 5.11 Å². The lowest BCUT2D eigenvalue weighted by molar-refractivity contribution is 0.237. The largest absolute Gasteiger partial charge is 0.396 e. The maximum Gasteiger partial charge on any atom is 0.0635 e. The predicted molar refractivity (Wildman–Crippen MR) is 66.1 cm³/mol. The van der Waals surface area contributed by atoms with Crippen molar-refractivity contribution >= 4 is 0 Å². The fraction of sp³-hybridized carbons (Fsp3) is 0.538. The normalized spacial score (nSPS) is 10.4. The summed E-state index contributed by atoms with van der Waals surface area (Å²) in [6.07, 6.45) is 4.08. The van der Waals surface area contributed by atoms with Crippen LogP contribution in [0.15, 0.2) is 24.4 Å². The number of rotatable bonds is 8. The van der Waals surface area contributed by atoms with Crippen molar-refractivity contribution in [3.63, 3.8) is 0 Å². The average molecular weight is 233 g/mol. The second-order valence-corrected chi connectivity index (χ2v) is 3.94. The Kier molecular flexibility index (Phi) is 6.96. The SMILES string of the molecule is N#CCCN(CCCCO)Cc1ccccn1. The minimum absolute atomic E-state index is 0.232. The van der Waals surface area contributed by atoms with Gasteiger partial charge in [0.2, 0.25) is 0 Å². The molecule has 0 aliphatic heterocycles. The van der Waals surface area contributed by atoms with E-state index in [9.17, 15) is 0 Å². The summed E-state index contributed by atoms with van der Waals surface area (Å²) in [5, 5.41) is 17.4. The molecule has 0 spiro atoms. The Bertz CT molecular complexity index is 334. The van der Waals surface area contributed by atoms with Crippen LogP contribution in [0.3, 0.4) is 0 Å². The van der Waals surface area contributed by atoms with Gasteiger partial charge in [-0.05, 0) is 31.5 Å². The van der Waals surface area contributed by atoms with Crippen molar-refractivity contribution in [3.05, 3.63) is 30.1 Å². The van der Waals surface area contributed by atoms with E-state index in [0.29, 0.717) is 6.42 Å². The Hall–Kier alpha value is -1.44. The monoisotopic (exact) mass is 233 g/mol.